The van der Waals surface area contributed by atoms with Crippen LogP contribution in [0, 0.1) is 19.3 Å². The topological polar surface area (TPSA) is 37.8 Å². The molecule has 0 amide bonds. The predicted octanol–water partition coefficient (Wildman–Crippen LogP) is 3.55. The van der Waals surface area contributed by atoms with Gasteiger partial charge in [-0.25, -0.2) is 4.98 Å². The number of anilines is 1. The highest BCUT2D eigenvalue weighted by molar-refractivity contribution is 6.17. The molecular formula is C13H22ClN3. The molecule has 0 saturated carbocycles. The monoisotopic (exact) mass is 255 g/mol. The van der Waals surface area contributed by atoms with Gasteiger partial charge in [0, 0.05) is 12.4 Å². The summed E-state index contributed by atoms with van der Waals surface area (Å²) >= 11 is 5.72. The fourth-order valence-corrected chi connectivity index (χ4v) is 1.72. The zero-order chi connectivity index (χ0) is 12.9. The molecule has 0 fully saturated rings. The maximum Gasteiger partial charge on any atom is 0.144 e. The Labute approximate surface area is 109 Å². The number of hydrogen-bond acceptors (Lipinski definition) is 3. The first kappa shape index (κ1) is 14.2. The molecule has 0 aliphatic heterocycles. The van der Waals surface area contributed by atoms with E-state index < -0.39 is 0 Å². The van der Waals surface area contributed by atoms with E-state index >= 15 is 0 Å². The second-order valence-electron chi connectivity index (χ2n) is 5.24. The van der Waals surface area contributed by atoms with Crippen molar-refractivity contribution in [3.05, 3.63) is 17.6 Å². The number of nitrogens with zero attached hydrogens (tertiary/aromatic N) is 2. The van der Waals surface area contributed by atoms with Gasteiger partial charge in [0.2, 0.25) is 0 Å². The average Bonchev–Trinajstić information content (AvgIpc) is 2.28. The largest absolute Gasteiger partial charge is 0.368 e. The Hall–Kier alpha value is -0.830. The van der Waals surface area contributed by atoms with Crippen molar-refractivity contribution >= 4 is 17.4 Å². The van der Waals surface area contributed by atoms with Crippen molar-refractivity contribution in [2.45, 2.75) is 40.5 Å². The van der Waals surface area contributed by atoms with Crippen molar-refractivity contribution in [2.75, 3.05) is 17.7 Å². The first-order chi connectivity index (χ1) is 7.94. The van der Waals surface area contributed by atoms with Gasteiger partial charge in [0.1, 0.15) is 5.82 Å². The molecule has 1 N–H and O–H groups in total. The highest BCUT2D eigenvalue weighted by atomic mass is 35.5. The van der Waals surface area contributed by atoms with Gasteiger partial charge in [-0.15, -0.1) is 11.6 Å². The molecule has 3 nitrogen and oxygen atoms in total. The highest BCUT2D eigenvalue weighted by Gasteiger charge is 2.17. The minimum atomic E-state index is 0.232. The minimum absolute atomic E-state index is 0.232. The van der Waals surface area contributed by atoms with Crippen molar-refractivity contribution in [2.24, 2.45) is 5.41 Å². The molecule has 1 aromatic rings. The zero-order valence-electron chi connectivity index (χ0n) is 11.2. The first-order valence-electron chi connectivity index (χ1n) is 6.05. The molecule has 0 spiro atoms. The fraction of sp³-hybridized carbons (Fsp3) is 0.692. The lowest BCUT2D eigenvalue weighted by atomic mass is 9.88. The van der Waals surface area contributed by atoms with Gasteiger partial charge in [0.05, 0.1) is 17.6 Å². The summed E-state index contributed by atoms with van der Waals surface area (Å²) in [6.07, 6.45) is 3.95. The number of hydrogen-bond donors (Lipinski definition) is 1. The van der Waals surface area contributed by atoms with Crippen LogP contribution in [0.2, 0.25) is 0 Å². The minimum Gasteiger partial charge on any atom is -0.368 e. The molecule has 0 unspecified atom stereocenters. The third-order valence-electron chi connectivity index (χ3n) is 2.93. The van der Waals surface area contributed by atoms with Crippen LogP contribution in [0.1, 0.15) is 38.1 Å². The highest BCUT2D eigenvalue weighted by Crippen LogP contribution is 2.23. The first-order valence-corrected chi connectivity index (χ1v) is 6.58. The Balaban J connectivity index is 2.51. The summed E-state index contributed by atoms with van der Waals surface area (Å²) in [5, 5.41) is 3.35. The molecular weight excluding hydrogens is 234 g/mol. The van der Waals surface area contributed by atoms with Crippen molar-refractivity contribution < 1.29 is 0 Å². The number of alkyl halides is 1. The van der Waals surface area contributed by atoms with Crippen molar-refractivity contribution in [1.29, 1.82) is 0 Å². The van der Waals surface area contributed by atoms with Crippen molar-refractivity contribution in [1.82, 2.24) is 9.97 Å². The molecule has 96 valence electrons. The van der Waals surface area contributed by atoms with Crippen LogP contribution in [0.4, 0.5) is 5.82 Å². The van der Waals surface area contributed by atoms with E-state index in [1.807, 2.05) is 13.8 Å². The van der Waals surface area contributed by atoms with Crippen LogP contribution in [0.15, 0.2) is 6.20 Å². The van der Waals surface area contributed by atoms with Crippen LogP contribution >= 0.6 is 11.6 Å². The molecule has 1 rings (SSSR count). The molecule has 1 aromatic heterocycles. The number of rotatable bonds is 6. The Morgan fingerprint density at radius 3 is 2.59 bits per heavy atom. The van der Waals surface area contributed by atoms with Crippen LogP contribution in [-0.4, -0.2) is 22.4 Å². The summed E-state index contributed by atoms with van der Waals surface area (Å²) in [5.41, 5.74) is 2.19. The number of halogens is 1. The second-order valence-corrected chi connectivity index (χ2v) is 5.61. The van der Waals surface area contributed by atoms with Gasteiger partial charge < -0.3 is 5.32 Å². The van der Waals surface area contributed by atoms with Crippen LogP contribution in [0.25, 0.3) is 0 Å². The number of aromatic nitrogens is 2. The van der Waals surface area contributed by atoms with Gasteiger partial charge in [-0.3, -0.25) is 4.98 Å². The number of nitrogens with one attached hydrogen (secondary N) is 1. The SMILES string of the molecule is Cc1ncc(NCC(C)(C)CCCCl)nc1C. The van der Waals surface area contributed by atoms with E-state index in [1.54, 1.807) is 6.20 Å². The van der Waals surface area contributed by atoms with Gasteiger partial charge in [0.25, 0.3) is 0 Å². The quantitative estimate of drug-likeness (QED) is 0.790. The molecule has 0 bridgehead atoms. The summed E-state index contributed by atoms with van der Waals surface area (Å²) in [6, 6.07) is 0. The van der Waals surface area contributed by atoms with Gasteiger partial charge in [-0.2, -0.15) is 0 Å². The standard InChI is InChI=1S/C13H22ClN3/c1-10-11(2)17-12(8-15-10)16-9-13(3,4)6-5-7-14/h8H,5-7,9H2,1-4H3,(H,16,17). The number of aryl methyl sites for hydroxylation is 2. The van der Waals surface area contributed by atoms with Gasteiger partial charge in [0.15, 0.2) is 0 Å². The van der Waals surface area contributed by atoms with E-state index in [0.29, 0.717) is 0 Å². The molecule has 1 heterocycles. The van der Waals surface area contributed by atoms with Gasteiger partial charge in [-0.1, -0.05) is 13.8 Å². The molecule has 0 atom stereocenters. The van der Waals surface area contributed by atoms with Crippen LogP contribution in [0.5, 0.6) is 0 Å². The zero-order valence-corrected chi connectivity index (χ0v) is 11.9. The Morgan fingerprint density at radius 2 is 2.00 bits per heavy atom. The summed E-state index contributed by atoms with van der Waals surface area (Å²) < 4.78 is 0. The summed E-state index contributed by atoms with van der Waals surface area (Å²) in [5.74, 6) is 1.58. The van der Waals surface area contributed by atoms with Gasteiger partial charge >= 0.3 is 0 Å². The molecule has 0 aliphatic carbocycles. The molecule has 0 saturated heterocycles. The van der Waals surface area contributed by atoms with E-state index in [4.69, 9.17) is 11.6 Å². The summed E-state index contributed by atoms with van der Waals surface area (Å²) in [4.78, 5) is 8.75. The molecule has 0 radical (unpaired) electrons. The van der Waals surface area contributed by atoms with Crippen LogP contribution < -0.4 is 5.32 Å². The Kier molecular flexibility index (Phi) is 5.19. The third-order valence-corrected chi connectivity index (χ3v) is 3.19. The van der Waals surface area contributed by atoms with Crippen molar-refractivity contribution in [3.63, 3.8) is 0 Å². The summed E-state index contributed by atoms with van der Waals surface area (Å²) in [7, 11) is 0. The summed E-state index contributed by atoms with van der Waals surface area (Å²) in [6.45, 7) is 9.31. The lowest BCUT2D eigenvalue weighted by Gasteiger charge is -2.24. The molecule has 0 aliphatic rings. The lowest BCUT2D eigenvalue weighted by molar-refractivity contribution is 0.355. The average molecular weight is 256 g/mol. The maximum absolute atomic E-state index is 5.72. The molecule has 4 heteroatoms. The van der Waals surface area contributed by atoms with E-state index in [2.05, 4.69) is 29.1 Å². The Bertz CT molecular complexity index is 364. The van der Waals surface area contributed by atoms with Crippen molar-refractivity contribution in [3.8, 4) is 0 Å². The predicted molar refractivity (Wildman–Crippen MR) is 73.7 cm³/mol. The lowest BCUT2D eigenvalue weighted by Crippen LogP contribution is -2.23. The van der Waals surface area contributed by atoms with Crippen LogP contribution in [-0.2, 0) is 0 Å². The Morgan fingerprint density at radius 1 is 1.29 bits per heavy atom. The van der Waals surface area contributed by atoms with E-state index in [9.17, 15) is 0 Å². The normalized spacial score (nSPS) is 11.6. The molecule has 0 aromatic carbocycles. The van der Waals surface area contributed by atoms with E-state index in [-0.39, 0.29) is 5.41 Å². The third kappa shape index (κ3) is 4.90. The van der Waals surface area contributed by atoms with Gasteiger partial charge in [-0.05, 0) is 32.1 Å². The van der Waals surface area contributed by atoms with Crippen LogP contribution in [0.3, 0.4) is 0 Å². The fourth-order valence-electron chi connectivity index (χ4n) is 1.59. The second kappa shape index (κ2) is 6.20. The van der Waals surface area contributed by atoms with E-state index in [1.165, 1.54) is 0 Å². The molecule has 17 heavy (non-hydrogen) atoms. The van der Waals surface area contributed by atoms with E-state index in [0.717, 1.165) is 42.5 Å². The maximum atomic E-state index is 5.72. The smallest absolute Gasteiger partial charge is 0.144 e.